The lowest BCUT2D eigenvalue weighted by Gasteiger charge is -2.46. The highest BCUT2D eigenvalue weighted by atomic mass is 16.3. The molecule has 0 aromatic heterocycles. The van der Waals surface area contributed by atoms with Crippen LogP contribution in [0.4, 0.5) is 0 Å². The van der Waals surface area contributed by atoms with Gasteiger partial charge in [-0.25, -0.2) is 0 Å². The molecule has 1 fully saturated rings. The summed E-state index contributed by atoms with van der Waals surface area (Å²) in [6.07, 6.45) is 6.56. The number of hydrogen-bond donors (Lipinski definition) is 2. The number of phenols is 1. The van der Waals surface area contributed by atoms with Crippen LogP contribution in [0.15, 0.2) is 18.2 Å². The minimum Gasteiger partial charge on any atom is -0.508 e. The van der Waals surface area contributed by atoms with Gasteiger partial charge in [0.1, 0.15) is 5.75 Å². The summed E-state index contributed by atoms with van der Waals surface area (Å²) < 4.78 is 0. The number of aromatic hydroxyl groups is 1. The third-order valence-electron chi connectivity index (χ3n) is 5.06. The summed E-state index contributed by atoms with van der Waals surface area (Å²) in [7, 11) is 0. The molecule has 3 atom stereocenters. The smallest absolute Gasteiger partial charge is 0.115 e. The SMILES string of the molecule is C[C@@]12CCCCC[C@@H](Cc3ccc(O)cc31)C2O. The van der Waals surface area contributed by atoms with E-state index in [9.17, 15) is 10.2 Å². The molecule has 2 heteroatoms. The van der Waals surface area contributed by atoms with Crippen LogP contribution in [-0.2, 0) is 11.8 Å². The van der Waals surface area contributed by atoms with Gasteiger partial charge in [0.2, 0.25) is 0 Å². The van der Waals surface area contributed by atoms with Crippen LogP contribution in [0.3, 0.4) is 0 Å². The standard InChI is InChI=1S/C16H22O2/c1-16-8-4-2-3-5-12(15(16)18)9-11-6-7-13(17)10-14(11)16/h6-7,10,12,15,17-18H,2-5,8-9H2,1H3/t12-,15?,16+/m0/s1. The van der Waals surface area contributed by atoms with E-state index in [1.807, 2.05) is 12.1 Å². The van der Waals surface area contributed by atoms with Gasteiger partial charge in [0.25, 0.3) is 0 Å². The minimum absolute atomic E-state index is 0.169. The molecule has 2 aliphatic carbocycles. The van der Waals surface area contributed by atoms with E-state index in [1.165, 1.54) is 30.4 Å². The predicted octanol–water partition coefficient (Wildman–Crippen LogP) is 3.15. The van der Waals surface area contributed by atoms with Crippen LogP contribution >= 0.6 is 0 Å². The van der Waals surface area contributed by atoms with Crippen molar-refractivity contribution in [3.05, 3.63) is 29.3 Å². The van der Waals surface area contributed by atoms with Crippen molar-refractivity contribution >= 4 is 0 Å². The molecular weight excluding hydrogens is 224 g/mol. The molecule has 0 saturated heterocycles. The number of aliphatic hydroxyl groups excluding tert-OH is 1. The van der Waals surface area contributed by atoms with Crippen molar-refractivity contribution in [1.29, 1.82) is 0 Å². The van der Waals surface area contributed by atoms with Gasteiger partial charge in [-0.1, -0.05) is 32.3 Å². The third kappa shape index (κ3) is 1.74. The molecule has 0 amide bonds. The Morgan fingerprint density at radius 3 is 2.89 bits per heavy atom. The minimum atomic E-state index is -0.257. The Kier molecular flexibility index (Phi) is 2.86. The average molecular weight is 246 g/mol. The lowest BCUT2D eigenvalue weighted by molar-refractivity contribution is 0.00884. The van der Waals surface area contributed by atoms with E-state index in [1.54, 1.807) is 6.07 Å². The van der Waals surface area contributed by atoms with Crippen molar-refractivity contribution in [2.24, 2.45) is 5.92 Å². The molecule has 2 N–H and O–H groups in total. The van der Waals surface area contributed by atoms with Crippen molar-refractivity contribution in [3.63, 3.8) is 0 Å². The van der Waals surface area contributed by atoms with E-state index < -0.39 is 0 Å². The lowest BCUT2D eigenvalue weighted by Crippen LogP contribution is -2.47. The molecule has 2 nitrogen and oxygen atoms in total. The first-order valence-electron chi connectivity index (χ1n) is 7.12. The van der Waals surface area contributed by atoms with Crippen molar-refractivity contribution in [1.82, 2.24) is 0 Å². The fourth-order valence-corrected chi connectivity index (χ4v) is 3.97. The van der Waals surface area contributed by atoms with Crippen LogP contribution in [0.25, 0.3) is 0 Å². The Labute approximate surface area is 109 Å². The molecule has 1 aromatic carbocycles. The van der Waals surface area contributed by atoms with Crippen molar-refractivity contribution in [3.8, 4) is 5.75 Å². The van der Waals surface area contributed by atoms with Gasteiger partial charge in [0, 0.05) is 5.41 Å². The molecule has 0 heterocycles. The molecule has 0 radical (unpaired) electrons. The lowest BCUT2D eigenvalue weighted by atomic mass is 9.61. The van der Waals surface area contributed by atoms with Gasteiger partial charge in [0.15, 0.2) is 0 Å². The normalized spacial score (nSPS) is 35.4. The van der Waals surface area contributed by atoms with Gasteiger partial charge in [-0.15, -0.1) is 0 Å². The maximum Gasteiger partial charge on any atom is 0.115 e. The number of rotatable bonds is 0. The monoisotopic (exact) mass is 246 g/mol. The summed E-state index contributed by atoms with van der Waals surface area (Å²) in [5, 5.41) is 20.4. The first-order valence-corrected chi connectivity index (χ1v) is 7.12. The van der Waals surface area contributed by atoms with Crippen molar-refractivity contribution < 1.29 is 10.2 Å². The summed E-state index contributed by atoms with van der Waals surface area (Å²) >= 11 is 0. The van der Waals surface area contributed by atoms with Crippen molar-refractivity contribution in [2.45, 2.75) is 57.0 Å². The topological polar surface area (TPSA) is 40.5 Å². The van der Waals surface area contributed by atoms with E-state index in [0.717, 1.165) is 19.3 Å². The number of fused-ring (bicyclic) bond motifs is 4. The van der Waals surface area contributed by atoms with Crippen LogP contribution in [0.2, 0.25) is 0 Å². The number of phenolic OH excluding ortho intramolecular Hbond substituents is 1. The zero-order valence-corrected chi connectivity index (χ0v) is 11.0. The molecule has 1 unspecified atom stereocenters. The first-order chi connectivity index (χ1) is 8.61. The third-order valence-corrected chi connectivity index (χ3v) is 5.06. The van der Waals surface area contributed by atoms with Crippen molar-refractivity contribution in [2.75, 3.05) is 0 Å². The summed E-state index contributed by atoms with van der Waals surface area (Å²) in [4.78, 5) is 0. The van der Waals surface area contributed by atoms with E-state index in [2.05, 4.69) is 6.92 Å². The Hall–Kier alpha value is -1.02. The largest absolute Gasteiger partial charge is 0.508 e. The van der Waals surface area contributed by atoms with Gasteiger partial charge in [-0.05, 0) is 48.4 Å². The number of aliphatic hydroxyl groups is 1. The molecule has 18 heavy (non-hydrogen) atoms. The zero-order valence-electron chi connectivity index (χ0n) is 11.0. The van der Waals surface area contributed by atoms with E-state index >= 15 is 0 Å². The predicted molar refractivity (Wildman–Crippen MR) is 71.7 cm³/mol. The van der Waals surface area contributed by atoms with E-state index in [-0.39, 0.29) is 11.5 Å². The molecule has 2 bridgehead atoms. The maximum absolute atomic E-state index is 10.7. The van der Waals surface area contributed by atoms with E-state index in [4.69, 9.17) is 0 Å². The van der Waals surface area contributed by atoms with Gasteiger partial charge >= 0.3 is 0 Å². The highest BCUT2D eigenvalue weighted by Gasteiger charge is 2.44. The van der Waals surface area contributed by atoms with Crippen LogP contribution in [0.1, 0.15) is 50.2 Å². The van der Waals surface area contributed by atoms with E-state index in [0.29, 0.717) is 11.7 Å². The Morgan fingerprint density at radius 2 is 2.06 bits per heavy atom. The molecule has 0 aliphatic heterocycles. The number of benzene rings is 1. The molecule has 2 aliphatic rings. The summed E-state index contributed by atoms with van der Waals surface area (Å²) in [6.45, 7) is 2.17. The molecular formula is C16H22O2. The van der Waals surface area contributed by atoms with Crippen LogP contribution in [0.5, 0.6) is 5.75 Å². The Morgan fingerprint density at radius 1 is 1.22 bits per heavy atom. The highest BCUT2D eigenvalue weighted by Crippen LogP contribution is 2.47. The molecule has 1 aromatic rings. The quantitative estimate of drug-likeness (QED) is 0.738. The summed E-state index contributed by atoms with van der Waals surface area (Å²) in [5.74, 6) is 0.718. The molecule has 98 valence electrons. The molecule has 0 spiro atoms. The average Bonchev–Trinajstić information content (AvgIpc) is 2.35. The van der Waals surface area contributed by atoms with Gasteiger partial charge < -0.3 is 10.2 Å². The maximum atomic E-state index is 10.7. The van der Waals surface area contributed by atoms with Gasteiger partial charge in [-0.2, -0.15) is 0 Å². The first kappa shape index (κ1) is 12.0. The molecule has 3 rings (SSSR count). The second-order valence-electron chi connectivity index (χ2n) is 6.27. The Balaban J connectivity index is 2.11. The zero-order chi connectivity index (χ0) is 12.8. The number of hydrogen-bond acceptors (Lipinski definition) is 2. The van der Waals surface area contributed by atoms with Gasteiger partial charge in [-0.3, -0.25) is 0 Å². The fourth-order valence-electron chi connectivity index (χ4n) is 3.97. The van der Waals surface area contributed by atoms with Crippen LogP contribution < -0.4 is 0 Å². The second-order valence-corrected chi connectivity index (χ2v) is 6.27. The fraction of sp³-hybridized carbons (Fsp3) is 0.625. The highest BCUT2D eigenvalue weighted by molar-refractivity contribution is 5.43. The van der Waals surface area contributed by atoms with Crippen LogP contribution in [0, 0.1) is 5.92 Å². The van der Waals surface area contributed by atoms with Crippen LogP contribution in [-0.4, -0.2) is 16.3 Å². The van der Waals surface area contributed by atoms with Gasteiger partial charge in [0.05, 0.1) is 6.10 Å². The molecule has 1 saturated carbocycles. The second kappa shape index (κ2) is 4.27. The summed E-state index contributed by atoms with van der Waals surface area (Å²) in [6, 6.07) is 5.69. The summed E-state index contributed by atoms with van der Waals surface area (Å²) in [5.41, 5.74) is 2.33. The Bertz CT molecular complexity index is 454.